The van der Waals surface area contributed by atoms with Crippen LogP contribution in [-0.2, 0) is 0 Å². The molecule has 1 aromatic carbocycles. The Balaban J connectivity index is 2.29. The van der Waals surface area contributed by atoms with Crippen LogP contribution in [0, 0.1) is 5.92 Å². The van der Waals surface area contributed by atoms with Crippen molar-refractivity contribution in [3.8, 4) is 0 Å². The number of hydrogen-bond donors (Lipinski definition) is 0. The second-order valence-corrected chi connectivity index (χ2v) is 5.08. The van der Waals surface area contributed by atoms with Gasteiger partial charge in [-0.15, -0.1) is 0 Å². The zero-order chi connectivity index (χ0) is 12.3. The quantitative estimate of drug-likeness (QED) is 0.742. The Morgan fingerprint density at radius 2 is 1.76 bits per heavy atom. The van der Waals surface area contributed by atoms with E-state index in [9.17, 15) is 4.79 Å². The number of piperidine rings is 1. The minimum Gasteiger partial charge on any atom is -0.371 e. The van der Waals surface area contributed by atoms with Crippen molar-refractivity contribution in [1.29, 1.82) is 0 Å². The zero-order valence-corrected chi connectivity index (χ0v) is 10.8. The van der Waals surface area contributed by atoms with Crippen LogP contribution in [0.25, 0.3) is 0 Å². The average molecular weight is 231 g/mol. The number of rotatable bonds is 3. The van der Waals surface area contributed by atoms with Gasteiger partial charge in [0.2, 0.25) is 0 Å². The number of nitrogens with zero attached hydrogens (tertiary/aromatic N) is 1. The minimum atomic E-state index is 0.0703. The van der Waals surface area contributed by atoms with Crippen molar-refractivity contribution in [2.75, 3.05) is 18.0 Å². The van der Waals surface area contributed by atoms with Crippen molar-refractivity contribution < 1.29 is 4.79 Å². The average Bonchev–Trinajstić information content (AvgIpc) is 2.39. The molecule has 0 saturated carbocycles. The Labute approximate surface area is 104 Å². The summed E-state index contributed by atoms with van der Waals surface area (Å²) < 4.78 is 0. The normalized spacial score (nSPS) is 16.3. The number of carbonyl (C=O) groups excluding carboxylic acids is 1. The van der Waals surface area contributed by atoms with Crippen LogP contribution in [0.3, 0.4) is 0 Å². The maximum absolute atomic E-state index is 12.2. The van der Waals surface area contributed by atoms with Gasteiger partial charge in [0.05, 0.1) is 0 Å². The Hall–Kier alpha value is -1.31. The number of carbonyl (C=O) groups is 1. The van der Waals surface area contributed by atoms with E-state index in [2.05, 4.69) is 11.0 Å². The van der Waals surface area contributed by atoms with Crippen molar-refractivity contribution in [3.63, 3.8) is 0 Å². The van der Waals surface area contributed by atoms with E-state index >= 15 is 0 Å². The third-order valence-electron chi connectivity index (χ3n) is 3.39. The van der Waals surface area contributed by atoms with Gasteiger partial charge >= 0.3 is 0 Å². The maximum atomic E-state index is 12.2. The van der Waals surface area contributed by atoms with Crippen molar-refractivity contribution in [2.24, 2.45) is 5.92 Å². The highest BCUT2D eigenvalue weighted by molar-refractivity contribution is 6.02. The Bertz CT molecular complexity index is 392. The number of benzene rings is 1. The topological polar surface area (TPSA) is 20.3 Å². The third-order valence-corrected chi connectivity index (χ3v) is 3.39. The van der Waals surface area contributed by atoms with Crippen LogP contribution >= 0.6 is 0 Å². The van der Waals surface area contributed by atoms with Crippen LogP contribution in [-0.4, -0.2) is 18.9 Å². The smallest absolute Gasteiger partial charge is 0.167 e. The standard InChI is InChI=1S/C15H21NO/c1-12(2)15(17)13-8-4-5-9-14(13)16-10-6-3-7-11-16/h4-5,8-9,12H,3,6-7,10-11H2,1-2H3. The third kappa shape index (κ3) is 2.68. The fourth-order valence-electron chi connectivity index (χ4n) is 2.40. The molecule has 1 aromatic rings. The fourth-order valence-corrected chi connectivity index (χ4v) is 2.40. The molecule has 1 heterocycles. The first-order chi connectivity index (χ1) is 8.20. The van der Waals surface area contributed by atoms with Gasteiger partial charge in [-0.25, -0.2) is 0 Å². The maximum Gasteiger partial charge on any atom is 0.167 e. The molecular weight excluding hydrogens is 210 g/mol. The molecule has 0 N–H and O–H groups in total. The second kappa shape index (κ2) is 5.35. The first kappa shape index (κ1) is 12.2. The molecule has 0 unspecified atom stereocenters. The van der Waals surface area contributed by atoms with Crippen molar-refractivity contribution in [2.45, 2.75) is 33.1 Å². The molecule has 0 amide bonds. The number of ketones is 1. The van der Waals surface area contributed by atoms with E-state index in [-0.39, 0.29) is 11.7 Å². The molecule has 0 bridgehead atoms. The molecule has 17 heavy (non-hydrogen) atoms. The van der Waals surface area contributed by atoms with Gasteiger partial charge in [0, 0.05) is 30.3 Å². The van der Waals surface area contributed by atoms with Crippen molar-refractivity contribution in [1.82, 2.24) is 0 Å². The molecule has 0 spiro atoms. The predicted molar refractivity (Wildman–Crippen MR) is 71.7 cm³/mol. The summed E-state index contributed by atoms with van der Waals surface area (Å²) in [5.41, 5.74) is 2.02. The van der Waals surface area contributed by atoms with Gasteiger partial charge in [0.1, 0.15) is 0 Å². The van der Waals surface area contributed by atoms with Crippen LogP contribution in [0.2, 0.25) is 0 Å². The SMILES string of the molecule is CC(C)C(=O)c1ccccc1N1CCCCC1. The van der Waals surface area contributed by atoms with Crippen molar-refractivity contribution in [3.05, 3.63) is 29.8 Å². The lowest BCUT2D eigenvalue weighted by Gasteiger charge is -2.30. The summed E-state index contributed by atoms with van der Waals surface area (Å²) in [4.78, 5) is 14.5. The molecule has 1 saturated heterocycles. The summed E-state index contributed by atoms with van der Waals surface area (Å²) in [5, 5.41) is 0. The highest BCUT2D eigenvalue weighted by Crippen LogP contribution is 2.25. The summed E-state index contributed by atoms with van der Waals surface area (Å²) in [7, 11) is 0. The molecule has 2 rings (SSSR count). The Morgan fingerprint density at radius 3 is 2.41 bits per heavy atom. The van der Waals surface area contributed by atoms with Gasteiger partial charge in [0.15, 0.2) is 5.78 Å². The monoisotopic (exact) mass is 231 g/mol. The van der Waals surface area contributed by atoms with Gasteiger partial charge in [-0.05, 0) is 31.4 Å². The van der Waals surface area contributed by atoms with Gasteiger partial charge in [-0.3, -0.25) is 4.79 Å². The van der Waals surface area contributed by atoms with Crippen LogP contribution in [0.5, 0.6) is 0 Å². The minimum absolute atomic E-state index is 0.0703. The molecule has 0 atom stereocenters. The van der Waals surface area contributed by atoms with Crippen LogP contribution in [0.1, 0.15) is 43.5 Å². The van der Waals surface area contributed by atoms with Crippen LogP contribution in [0.15, 0.2) is 24.3 Å². The summed E-state index contributed by atoms with van der Waals surface area (Å²) in [5.74, 6) is 0.326. The molecule has 1 aliphatic rings. The van der Waals surface area contributed by atoms with E-state index in [1.54, 1.807) is 0 Å². The number of hydrogen-bond acceptors (Lipinski definition) is 2. The lowest BCUT2D eigenvalue weighted by atomic mass is 9.98. The van der Waals surface area contributed by atoms with Crippen LogP contribution < -0.4 is 4.90 Å². The predicted octanol–water partition coefficient (Wildman–Crippen LogP) is 3.52. The number of para-hydroxylation sites is 1. The Morgan fingerprint density at radius 1 is 1.12 bits per heavy atom. The molecule has 0 aliphatic carbocycles. The molecule has 2 nitrogen and oxygen atoms in total. The van der Waals surface area contributed by atoms with Crippen LogP contribution in [0.4, 0.5) is 5.69 Å². The van der Waals surface area contributed by atoms with E-state index < -0.39 is 0 Å². The van der Waals surface area contributed by atoms with Crippen molar-refractivity contribution >= 4 is 11.5 Å². The van der Waals surface area contributed by atoms with Gasteiger partial charge in [-0.2, -0.15) is 0 Å². The molecule has 1 fully saturated rings. The van der Waals surface area contributed by atoms with E-state index in [0.717, 1.165) is 24.3 Å². The van der Waals surface area contributed by atoms with E-state index in [1.165, 1.54) is 19.3 Å². The van der Waals surface area contributed by atoms with E-state index in [0.29, 0.717) is 0 Å². The van der Waals surface area contributed by atoms with Gasteiger partial charge in [-0.1, -0.05) is 26.0 Å². The zero-order valence-electron chi connectivity index (χ0n) is 10.8. The first-order valence-electron chi connectivity index (χ1n) is 6.58. The van der Waals surface area contributed by atoms with E-state index in [1.807, 2.05) is 32.0 Å². The number of Topliss-reactive ketones (excluding diaryl/α,β-unsaturated/α-hetero) is 1. The second-order valence-electron chi connectivity index (χ2n) is 5.08. The first-order valence-corrected chi connectivity index (χ1v) is 6.58. The lowest BCUT2D eigenvalue weighted by Crippen LogP contribution is -2.31. The fraction of sp³-hybridized carbons (Fsp3) is 0.533. The molecule has 2 heteroatoms. The summed E-state index contributed by atoms with van der Waals surface area (Å²) in [6.45, 7) is 6.11. The van der Waals surface area contributed by atoms with Gasteiger partial charge in [0.25, 0.3) is 0 Å². The highest BCUT2D eigenvalue weighted by Gasteiger charge is 2.19. The molecule has 0 aromatic heterocycles. The van der Waals surface area contributed by atoms with E-state index in [4.69, 9.17) is 0 Å². The number of anilines is 1. The molecule has 92 valence electrons. The molecule has 0 radical (unpaired) electrons. The largest absolute Gasteiger partial charge is 0.371 e. The molecular formula is C15H21NO. The summed E-state index contributed by atoms with van der Waals surface area (Å²) in [6.07, 6.45) is 3.80. The highest BCUT2D eigenvalue weighted by atomic mass is 16.1. The Kier molecular flexibility index (Phi) is 3.82. The lowest BCUT2D eigenvalue weighted by molar-refractivity contribution is 0.0940. The summed E-state index contributed by atoms with van der Waals surface area (Å²) in [6, 6.07) is 8.04. The van der Waals surface area contributed by atoms with Gasteiger partial charge < -0.3 is 4.90 Å². The summed E-state index contributed by atoms with van der Waals surface area (Å²) >= 11 is 0. The molecule has 1 aliphatic heterocycles.